The van der Waals surface area contributed by atoms with Crippen LogP contribution in [0, 0.1) is 17.7 Å². The molecule has 2 saturated heterocycles. The van der Waals surface area contributed by atoms with E-state index >= 15 is 0 Å². The van der Waals surface area contributed by atoms with Crippen molar-refractivity contribution in [2.24, 2.45) is 11.8 Å². The molecule has 0 aliphatic carbocycles. The first kappa shape index (κ1) is 22.2. The summed E-state index contributed by atoms with van der Waals surface area (Å²) in [5.41, 5.74) is 2.20. The molecule has 2 fully saturated rings. The first-order chi connectivity index (χ1) is 14.1. The van der Waals surface area contributed by atoms with Gasteiger partial charge in [-0.25, -0.2) is 9.18 Å². The molecule has 10 heteroatoms. The highest BCUT2D eigenvalue weighted by Gasteiger charge is 2.45. The maximum absolute atomic E-state index is 13.3. The number of nitrogens with zero attached hydrogens (tertiary/aromatic N) is 2. The first-order valence-electron chi connectivity index (χ1n) is 9.20. The van der Waals surface area contributed by atoms with Crippen molar-refractivity contribution in [1.82, 2.24) is 9.80 Å². The second-order valence-electron chi connectivity index (χ2n) is 7.34. The number of likely N-dealkylation sites (tertiary alicyclic amines) is 2. The van der Waals surface area contributed by atoms with Crippen molar-refractivity contribution in [3.63, 3.8) is 0 Å². The average Bonchev–Trinajstić information content (AvgIpc) is 3.36. The van der Waals surface area contributed by atoms with Crippen LogP contribution in [0.1, 0.15) is 11.1 Å². The number of carbonyl (C=O) groups is 2. The van der Waals surface area contributed by atoms with Crippen LogP contribution in [0.5, 0.6) is 0 Å². The quantitative estimate of drug-likeness (QED) is 0.732. The molecule has 1 amide bonds. The minimum absolute atomic E-state index is 0.113. The number of fused-ring (bicyclic) bond motifs is 1. The third-order valence-electron chi connectivity index (χ3n) is 5.09. The van der Waals surface area contributed by atoms with Crippen LogP contribution >= 0.6 is 11.3 Å². The molecule has 0 bridgehead atoms. The van der Waals surface area contributed by atoms with E-state index in [0.29, 0.717) is 12.5 Å². The second kappa shape index (κ2) is 9.13. The van der Waals surface area contributed by atoms with Gasteiger partial charge in [0.15, 0.2) is 0 Å². The minimum atomic E-state index is -5.08. The number of hydrogen-bond donors (Lipinski definition) is 1. The van der Waals surface area contributed by atoms with Gasteiger partial charge in [0.25, 0.3) is 0 Å². The van der Waals surface area contributed by atoms with Gasteiger partial charge >= 0.3 is 12.1 Å². The average molecular weight is 444 g/mol. The van der Waals surface area contributed by atoms with E-state index in [-0.39, 0.29) is 17.6 Å². The van der Waals surface area contributed by atoms with E-state index in [9.17, 15) is 22.4 Å². The molecule has 30 heavy (non-hydrogen) atoms. The Morgan fingerprint density at radius 3 is 2.43 bits per heavy atom. The number of thiophene rings is 1. The maximum Gasteiger partial charge on any atom is 0.490 e. The molecule has 2 aliphatic rings. The fourth-order valence-corrected chi connectivity index (χ4v) is 4.46. The number of carboxylic acid groups (broad SMARTS) is 1. The van der Waals surface area contributed by atoms with E-state index in [2.05, 4.69) is 21.7 Å². The number of carboxylic acids is 1. The smallest absolute Gasteiger partial charge is 0.475 e. The summed E-state index contributed by atoms with van der Waals surface area (Å²) in [4.78, 5) is 25.8. The molecule has 162 valence electrons. The standard InChI is InChI=1S/C18H19FN2OS.C2HF3O2/c19-16-3-1-2-13(6-16)8-21-10-15-9-20(11-17(15)18(21)22)7-14-4-5-23-12-14;3-2(4,5)1(6)7/h1-6,12,15,17H,7-11H2;(H,6,7)/t15-,17-;/m0./s1. The Kier molecular flexibility index (Phi) is 6.77. The summed E-state index contributed by atoms with van der Waals surface area (Å²) in [6, 6.07) is 8.69. The number of alkyl halides is 3. The number of rotatable bonds is 4. The van der Waals surface area contributed by atoms with Crippen molar-refractivity contribution >= 4 is 23.2 Å². The Balaban J connectivity index is 0.000000318. The summed E-state index contributed by atoms with van der Waals surface area (Å²) in [6.07, 6.45) is -5.08. The van der Waals surface area contributed by atoms with Gasteiger partial charge in [0.1, 0.15) is 5.82 Å². The van der Waals surface area contributed by atoms with Crippen LogP contribution in [0.3, 0.4) is 0 Å². The number of halogens is 4. The predicted molar refractivity (Wildman–Crippen MR) is 102 cm³/mol. The Labute approximate surface area is 174 Å². The van der Waals surface area contributed by atoms with Gasteiger partial charge in [-0.3, -0.25) is 9.69 Å². The molecule has 3 heterocycles. The number of benzene rings is 1. The van der Waals surface area contributed by atoms with Crippen LogP contribution < -0.4 is 0 Å². The zero-order valence-electron chi connectivity index (χ0n) is 15.8. The lowest BCUT2D eigenvalue weighted by atomic mass is 10.0. The molecule has 0 unspecified atom stereocenters. The molecule has 1 aromatic heterocycles. The van der Waals surface area contributed by atoms with E-state index in [1.807, 2.05) is 11.0 Å². The highest BCUT2D eigenvalue weighted by Crippen LogP contribution is 2.34. The van der Waals surface area contributed by atoms with Crippen LogP contribution in [0.15, 0.2) is 41.1 Å². The summed E-state index contributed by atoms with van der Waals surface area (Å²) < 4.78 is 45.0. The van der Waals surface area contributed by atoms with E-state index in [1.165, 1.54) is 17.7 Å². The monoisotopic (exact) mass is 444 g/mol. The summed E-state index contributed by atoms with van der Waals surface area (Å²) in [6.45, 7) is 4.08. The summed E-state index contributed by atoms with van der Waals surface area (Å²) in [5.74, 6) is -2.24. The van der Waals surface area contributed by atoms with Crippen LogP contribution in [-0.4, -0.2) is 52.6 Å². The summed E-state index contributed by atoms with van der Waals surface area (Å²) in [7, 11) is 0. The second-order valence-corrected chi connectivity index (χ2v) is 8.12. The van der Waals surface area contributed by atoms with Gasteiger partial charge in [0.05, 0.1) is 5.92 Å². The lowest BCUT2D eigenvalue weighted by Gasteiger charge is -2.21. The normalized spacial score (nSPS) is 21.3. The number of amides is 1. The van der Waals surface area contributed by atoms with Crippen LogP contribution in [0.25, 0.3) is 0 Å². The Morgan fingerprint density at radius 1 is 1.13 bits per heavy atom. The van der Waals surface area contributed by atoms with Gasteiger partial charge < -0.3 is 10.0 Å². The van der Waals surface area contributed by atoms with E-state index in [0.717, 1.165) is 31.7 Å². The molecule has 2 aromatic rings. The van der Waals surface area contributed by atoms with Crippen molar-refractivity contribution in [3.05, 3.63) is 58.0 Å². The zero-order valence-corrected chi connectivity index (χ0v) is 16.6. The van der Waals surface area contributed by atoms with Crippen LogP contribution in [0.4, 0.5) is 17.6 Å². The first-order valence-corrected chi connectivity index (χ1v) is 10.1. The van der Waals surface area contributed by atoms with Crippen molar-refractivity contribution < 1.29 is 32.3 Å². The van der Waals surface area contributed by atoms with E-state index in [1.54, 1.807) is 17.4 Å². The van der Waals surface area contributed by atoms with Gasteiger partial charge in [-0.15, -0.1) is 0 Å². The molecule has 4 rings (SSSR count). The summed E-state index contributed by atoms with van der Waals surface area (Å²) in [5, 5.41) is 11.4. The summed E-state index contributed by atoms with van der Waals surface area (Å²) >= 11 is 1.72. The number of hydrogen-bond acceptors (Lipinski definition) is 4. The molecule has 0 saturated carbocycles. The molecule has 5 nitrogen and oxygen atoms in total. The maximum atomic E-state index is 13.3. The fourth-order valence-electron chi connectivity index (χ4n) is 3.80. The van der Waals surface area contributed by atoms with E-state index in [4.69, 9.17) is 9.90 Å². The van der Waals surface area contributed by atoms with Gasteiger partial charge in [0.2, 0.25) is 5.91 Å². The van der Waals surface area contributed by atoms with Crippen molar-refractivity contribution in [2.45, 2.75) is 19.3 Å². The number of aliphatic carboxylic acids is 1. The molecular weight excluding hydrogens is 424 g/mol. The van der Waals surface area contributed by atoms with Gasteiger partial charge in [-0.1, -0.05) is 12.1 Å². The number of carbonyl (C=O) groups excluding carboxylic acids is 1. The Morgan fingerprint density at radius 2 is 1.87 bits per heavy atom. The Hall–Kier alpha value is -2.46. The van der Waals surface area contributed by atoms with Gasteiger partial charge in [-0.2, -0.15) is 24.5 Å². The molecule has 1 N–H and O–H groups in total. The van der Waals surface area contributed by atoms with Crippen LogP contribution in [0.2, 0.25) is 0 Å². The highest BCUT2D eigenvalue weighted by molar-refractivity contribution is 7.07. The zero-order chi connectivity index (χ0) is 21.9. The SMILES string of the molecule is O=C(O)C(F)(F)F.O=C1[C@H]2CN(Cc3ccsc3)C[C@H]2CN1Cc1cccc(F)c1. The molecule has 2 atom stereocenters. The van der Waals surface area contributed by atoms with Crippen molar-refractivity contribution in [2.75, 3.05) is 19.6 Å². The third kappa shape index (κ3) is 5.57. The molecule has 2 aliphatic heterocycles. The van der Waals surface area contributed by atoms with Gasteiger partial charge in [-0.05, 0) is 40.1 Å². The van der Waals surface area contributed by atoms with Crippen LogP contribution in [-0.2, 0) is 22.7 Å². The van der Waals surface area contributed by atoms with Crippen molar-refractivity contribution in [1.29, 1.82) is 0 Å². The fraction of sp³-hybridized carbons (Fsp3) is 0.400. The topological polar surface area (TPSA) is 60.9 Å². The molecular formula is C20H20F4N2O3S. The lowest BCUT2D eigenvalue weighted by molar-refractivity contribution is -0.192. The minimum Gasteiger partial charge on any atom is -0.475 e. The van der Waals surface area contributed by atoms with Crippen molar-refractivity contribution in [3.8, 4) is 0 Å². The molecule has 0 spiro atoms. The lowest BCUT2D eigenvalue weighted by Crippen LogP contribution is -2.32. The largest absolute Gasteiger partial charge is 0.490 e. The highest BCUT2D eigenvalue weighted by atomic mass is 32.1. The predicted octanol–water partition coefficient (Wildman–Crippen LogP) is 3.61. The van der Waals surface area contributed by atoms with Gasteiger partial charge in [0, 0.05) is 38.6 Å². The van der Waals surface area contributed by atoms with E-state index < -0.39 is 12.1 Å². The third-order valence-corrected chi connectivity index (χ3v) is 5.82. The Bertz CT molecular complexity index is 888. The molecule has 1 aromatic carbocycles. The molecule has 0 radical (unpaired) electrons.